The van der Waals surface area contributed by atoms with Crippen LogP contribution in [0, 0.1) is 6.92 Å². The lowest BCUT2D eigenvalue weighted by atomic mass is 10.1. The summed E-state index contributed by atoms with van der Waals surface area (Å²) in [4.78, 5) is 12.7. The van der Waals surface area contributed by atoms with E-state index in [0.717, 1.165) is 36.2 Å². The van der Waals surface area contributed by atoms with E-state index in [-0.39, 0.29) is 0 Å². The second-order valence-corrected chi connectivity index (χ2v) is 7.95. The van der Waals surface area contributed by atoms with Gasteiger partial charge in [-0.1, -0.05) is 26.0 Å². The first kappa shape index (κ1) is 19.4. The van der Waals surface area contributed by atoms with Crippen molar-refractivity contribution in [2.45, 2.75) is 46.6 Å². The number of hydrogen-bond acceptors (Lipinski definition) is 3. The van der Waals surface area contributed by atoms with E-state index in [9.17, 15) is 0 Å². The van der Waals surface area contributed by atoms with Crippen molar-refractivity contribution >= 4 is 28.2 Å². The predicted octanol–water partition coefficient (Wildman–Crippen LogP) is 4.35. The normalized spacial score (nSPS) is 12.1. The fraction of sp³-hybridized carbons (Fsp3) is 0.429. The Morgan fingerprint density at radius 2 is 2.15 bits per heavy atom. The first-order valence-corrected chi connectivity index (χ1v) is 10.5. The first-order chi connectivity index (χ1) is 13.1. The van der Waals surface area contributed by atoms with Crippen LogP contribution in [0.3, 0.4) is 0 Å². The molecule has 3 rings (SSSR count). The van der Waals surface area contributed by atoms with Gasteiger partial charge in [0, 0.05) is 35.6 Å². The van der Waals surface area contributed by atoms with Crippen molar-refractivity contribution < 1.29 is 0 Å². The number of hydrogen-bond donors (Lipinski definition) is 3. The van der Waals surface area contributed by atoms with Crippen LogP contribution in [0.15, 0.2) is 34.8 Å². The average Bonchev–Trinajstić information content (AvgIpc) is 3.28. The summed E-state index contributed by atoms with van der Waals surface area (Å²) < 4.78 is 0. The molecule has 0 unspecified atom stereocenters. The van der Waals surface area contributed by atoms with Gasteiger partial charge in [-0.15, -0.1) is 11.3 Å². The van der Waals surface area contributed by atoms with Crippen molar-refractivity contribution in [1.29, 1.82) is 0 Å². The van der Waals surface area contributed by atoms with Crippen molar-refractivity contribution in [3.8, 4) is 0 Å². The SMILES string of the molecule is CCNC(=NCc1nc(C(C)C)cs1)NCCc1c[nH]c2cccc(C)c12. The van der Waals surface area contributed by atoms with Crippen LogP contribution in [0.5, 0.6) is 0 Å². The van der Waals surface area contributed by atoms with Crippen LogP contribution >= 0.6 is 11.3 Å². The van der Waals surface area contributed by atoms with Crippen LogP contribution in [0.1, 0.15) is 48.5 Å². The summed E-state index contributed by atoms with van der Waals surface area (Å²) in [6.45, 7) is 10.9. The lowest BCUT2D eigenvalue weighted by Gasteiger charge is -2.11. The summed E-state index contributed by atoms with van der Waals surface area (Å²) in [5.41, 5.74) is 5.01. The molecule has 144 valence electrons. The van der Waals surface area contributed by atoms with Gasteiger partial charge in [-0.05, 0) is 43.4 Å². The van der Waals surface area contributed by atoms with Gasteiger partial charge in [0.25, 0.3) is 0 Å². The van der Waals surface area contributed by atoms with Gasteiger partial charge in [0.05, 0.1) is 12.2 Å². The molecule has 0 atom stereocenters. The van der Waals surface area contributed by atoms with Crippen molar-refractivity contribution in [3.63, 3.8) is 0 Å². The highest BCUT2D eigenvalue weighted by Gasteiger charge is 2.07. The Morgan fingerprint density at radius 3 is 2.89 bits per heavy atom. The molecule has 2 aromatic heterocycles. The van der Waals surface area contributed by atoms with Crippen molar-refractivity contribution in [2.75, 3.05) is 13.1 Å². The number of aromatic amines is 1. The minimum absolute atomic E-state index is 0.463. The summed E-state index contributed by atoms with van der Waals surface area (Å²) in [6.07, 6.45) is 3.07. The zero-order valence-electron chi connectivity index (χ0n) is 16.6. The van der Waals surface area contributed by atoms with Gasteiger partial charge in [-0.2, -0.15) is 0 Å². The smallest absolute Gasteiger partial charge is 0.191 e. The van der Waals surface area contributed by atoms with Crippen LogP contribution < -0.4 is 10.6 Å². The van der Waals surface area contributed by atoms with Crippen LogP contribution in [-0.2, 0) is 13.0 Å². The number of benzene rings is 1. The number of fused-ring (bicyclic) bond motifs is 1. The number of aliphatic imine (C=N–C) groups is 1. The predicted molar refractivity (Wildman–Crippen MR) is 116 cm³/mol. The third-order valence-corrected chi connectivity index (χ3v) is 5.41. The average molecular weight is 384 g/mol. The summed E-state index contributed by atoms with van der Waals surface area (Å²) >= 11 is 1.68. The number of nitrogens with zero attached hydrogens (tertiary/aromatic N) is 2. The second kappa shape index (κ2) is 9.04. The zero-order valence-corrected chi connectivity index (χ0v) is 17.4. The summed E-state index contributed by atoms with van der Waals surface area (Å²) in [7, 11) is 0. The van der Waals surface area contributed by atoms with Crippen LogP contribution in [0.25, 0.3) is 10.9 Å². The van der Waals surface area contributed by atoms with E-state index in [1.165, 1.54) is 22.0 Å². The molecule has 0 saturated carbocycles. The highest BCUT2D eigenvalue weighted by molar-refractivity contribution is 7.09. The minimum atomic E-state index is 0.463. The standard InChI is InChI=1S/C21H29N5S/c1-5-22-21(25-12-19-26-18(13-27-19)14(2)3)23-10-9-16-11-24-17-8-6-7-15(4)20(16)17/h6-8,11,13-14,24H,5,9-10,12H2,1-4H3,(H2,22,23,25). The monoisotopic (exact) mass is 383 g/mol. The van der Waals surface area contributed by atoms with Crippen LogP contribution in [0.4, 0.5) is 0 Å². The number of aromatic nitrogens is 2. The summed E-state index contributed by atoms with van der Waals surface area (Å²) in [5, 5.41) is 11.3. The van der Waals surface area contributed by atoms with E-state index >= 15 is 0 Å². The lowest BCUT2D eigenvalue weighted by molar-refractivity contribution is 0.795. The molecule has 0 bridgehead atoms. The molecule has 0 spiro atoms. The van der Waals surface area contributed by atoms with Crippen molar-refractivity contribution in [2.24, 2.45) is 4.99 Å². The number of rotatable bonds is 7. The van der Waals surface area contributed by atoms with E-state index in [0.29, 0.717) is 12.5 Å². The number of thiazole rings is 1. The maximum absolute atomic E-state index is 4.69. The molecular weight excluding hydrogens is 354 g/mol. The summed E-state index contributed by atoms with van der Waals surface area (Å²) in [5.74, 6) is 1.31. The Bertz CT molecular complexity index is 906. The molecule has 2 heterocycles. The number of nitrogens with one attached hydrogen (secondary N) is 3. The topological polar surface area (TPSA) is 65.1 Å². The van der Waals surface area contributed by atoms with E-state index < -0.39 is 0 Å². The zero-order chi connectivity index (χ0) is 19.2. The van der Waals surface area contributed by atoms with Crippen LogP contribution in [0.2, 0.25) is 0 Å². The van der Waals surface area contributed by atoms with Crippen molar-refractivity contribution in [1.82, 2.24) is 20.6 Å². The molecule has 3 aromatic rings. The lowest BCUT2D eigenvalue weighted by Crippen LogP contribution is -2.38. The molecule has 5 nitrogen and oxygen atoms in total. The fourth-order valence-electron chi connectivity index (χ4n) is 3.12. The number of H-pyrrole nitrogens is 1. The third kappa shape index (κ3) is 4.89. The molecule has 6 heteroatoms. The molecule has 0 amide bonds. The Balaban J connectivity index is 1.60. The largest absolute Gasteiger partial charge is 0.361 e. The van der Waals surface area contributed by atoms with Gasteiger partial charge in [0.2, 0.25) is 0 Å². The highest BCUT2D eigenvalue weighted by atomic mass is 32.1. The summed E-state index contributed by atoms with van der Waals surface area (Å²) in [6, 6.07) is 6.39. The van der Waals surface area contributed by atoms with Gasteiger partial charge in [0.15, 0.2) is 5.96 Å². The Labute approximate surface area is 165 Å². The van der Waals surface area contributed by atoms with Gasteiger partial charge in [0.1, 0.15) is 5.01 Å². The van der Waals surface area contributed by atoms with Crippen molar-refractivity contribution in [3.05, 3.63) is 51.6 Å². The minimum Gasteiger partial charge on any atom is -0.361 e. The first-order valence-electron chi connectivity index (χ1n) is 9.60. The molecule has 0 aliphatic rings. The molecule has 0 aliphatic heterocycles. The Kier molecular flexibility index (Phi) is 6.50. The maximum Gasteiger partial charge on any atom is 0.191 e. The maximum atomic E-state index is 4.69. The van der Waals surface area contributed by atoms with E-state index in [1.54, 1.807) is 11.3 Å². The molecular formula is C21H29N5S. The number of guanidine groups is 1. The molecule has 0 fully saturated rings. The Morgan fingerprint density at radius 1 is 1.30 bits per heavy atom. The van der Waals surface area contributed by atoms with Gasteiger partial charge in [-0.3, -0.25) is 0 Å². The van der Waals surface area contributed by atoms with Gasteiger partial charge < -0.3 is 15.6 Å². The van der Waals surface area contributed by atoms with Gasteiger partial charge >= 0.3 is 0 Å². The molecule has 0 saturated heterocycles. The molecule has 0 aliphatic carbocycles. The van der Waals surface area contributed by atoms with Gasteiger partial charge in [-0.25, -0.2) is 9.98 Å². The van der Waals surface area contributed by atoms with E-state index in [4.69, 9.17) is 0 Å². The molecule has 0 radical (unpaired) electrons. The molecule has 27 heavy (non-hydrogen) atoms. The Hall–Kier alpha value is -2.34. The highest BCUT2D eigenvalue weighted by Crippen LogP contribution is 2.22. The molecule has 3 N–H and O–H groups in total. The van der Waals surface area contributed by atoms with Crippen LogP contribution in [-0.4, -0.2) is 29.0 Å². The second-order valence-electron chi connectivity index (χ2n) is 7.00. The third-order valence-electron chi connectivity index (χ3n) is 4.56. The van der Waals surface area contributed by atoms with E-state index in [1.807, 2.05) is 0 Å². The van der Waals surface area contributed by atoms with E-state index in [2.05, 4.69) is 83.1 Å². The number of aryl methyl sites for hydroxylation is 1. The molecule has 1 aromatic carbocycles. The fourth-order valence-corrected chi connectivity index (χ4v) is 3.99. The quantitative estimate of drug-likeness (QED) is 0.420.